The number of hydrogen-bond acceptors (Lipinski definition) is 6. The molecule has 4 atom stereocenters. The van der Waals surface area contributed by atoms with Crippen LogP contribution in [0.1, 0.15) is 73.4 Å². The largest absolute Gasteiger partial charge is 0.484 e. The SMILES string of the molecule is C[C@@]12C=C(C3N=C4C(C5C=CC=CC5)=CC(c5ccccc5)=CN4N3)C=C(C3=Nc4c(ccc5ccc(C6=CCCC=C6)nc45)CC3)[C@H]1Oc1cc2ccc1C1=CCCC=C1. The summed E-state index contributed by atoms with van der Waals surface area (Å²) in [5, 5.41) is 3.27. The molecule has 4 aromatic rings. The number of benzene rings is 3. The fourth-order valence-corrected chi connectivity index (χ4v) is 10.3. The average molecular weight is 794 g/mol. The normalized spacial score (nSPS) is 25.8. The summed E-state index contributed by atoms with van der Waals surface area (Å²) in [6.07, 6.45) is 38.1. The second-order valence-electron chi connectivity index (χ2n) is 17.5. The van der Waals surface area contributed by atoms with Crippen LogP contribution in [0, 0.1) is 5.92 Å². The number of aryl methyl sites for hydroxylation is 1. The molecule has 4 aliphatic heterocycles. The van der Waals surface area contributed by atoms with E-state index >= 15 is 0 Å². The number of hydrazine groups is 1. The molecule has 6 heteroatoms. The molecule has 12 rings (SSSR count). The number of pyridine rings is 1. The standard InChI is InChI=1S/C55H47N5O/c1-55-33-41(53-58-54-45(37-18-10-4-11-19-37)31-42(34-60(54)59-53)35-14-6-2-7-15-35)30-46(52(55)61-49-32-43(55)26-27-44(49)36-16-8-3-9-17-36)48-29-25-40-23-22-39-24-28-47(38-20-12-5-13-21-38)56-50(39)51(40)57-48/h2,4,6-8,10-12,14-18,20-24,26-28,30-34,37,52-53,59H,3,5,9,13,19,25,29H2,1H3/t37?,52-,53?,55+/m1/s1. The lowest BCUT2D eigenvalue weighted by Gasteiger charge is -2.45. The maximum atomic E-state index is 7.29. The third-order valence-corrected chi connectivity index (χ3v) is 13.6. The molecule has 8 aliphatic rings. The molecule has 6 nitrogen and oxygen atoms in total. The Morgan fingerprint density at radius 1 is 0.803 bits per heavy atom. The van der Waals surface area contributed by atoms with Crippen molar-refractivity contribution in [2.45, 2.75) is 69.6 Å². The van der Waals surface area contributed by atoms with Gasteiger partial charge in [-0.2, -0.15) is 0 Å². The molecule has 61 heavy (non-hydrogen) atoms. The number of hydrogen-bond donors (Lipinski definition) is 1. The highest BCUT2D eigenvalue weighted by Gasteiger charge is 2.47. The topological polar surface area (TPSA) is 62.1 Å². The van der Waals surface area contributed by atoms with Gasteiger partial charge in [0, 0.05) is 39.9 Å². The van der Waals surface area contributed by atoms with E-state index in [1.807, 2.05) is 0 Å². The zero-order valence-corrected chi connectivity index (χ0v) is 34.4. The lowest BCUT2D eigenvalue weighted by atomic mass is 9.67. The third-order valence-electron chi connectivity index (χ3n) is 13.6. The molecule has 0 fully saturated rings. The van der Waals surface area contributed by atoms with E-state index in [1.165, 1.54) is 33.4 Å². The number of aliphatic imine (C=N–C) groups is 2. The van der Waals surface area contributed by atoms with Crippen molar-refractivity contribution in [1.29, 1.82) is 0 Å². The van der Waals surface area contributed by atoms with Gasteiger partial charge in [0.25, 0.3) is 0 Å². The van der Waals surface area contributed by atoms with Crippen molar-refractivity contribution < 1.29 is 4.74 Å². The van der Waals surface area contributed by atoms with Crippen molar-refractivity contribution in [3.05, 3.63) is 203 Å². The van der Waals surface area contributed by atoms with Gasteiger partial charge >= 0.3 is 0 Å². The van der Waals surface area contributed by atoms with E-state index in [-0.39, 0.29) is 18.2 Å². The van der Waals surface area contributed by atoms with Crippen LogP contribution in [-0.4, -0.2) is 33.8 Å². The molecule has 0 spiro atoms. The fourth-order valence-electron chi connectivity index (χ4n) is 10.3. The Balaban J connectivity index is 0.990. The number of aromatic nitrogens is 1. The van der Waals surface area contributed by atoms with Gasteiger partial charge in [0.2, 0.25) is 0 Å². The maximum Gasteiger partial charge on any atom is 0.148 e. The van der Waals surface area contributed by atoms with E-state index in [9.17, 15) is 0 Å². The molecular formula is C55H47N5O. The van der Waals surface area contributed by atoms with Crippen LogP contribution in [0.25, 0.3) is 27.6 Å². The van der Waals surface area contributed by atoms with Crippen LogP contribution in [0.3, 0.4) is 0 Å². The molecule has 0 radical (unpaired) electrons. The van der Waals surface area contributed by atoms with Crippen LogP contribution >= 0.6 is 0 Å². The first kappa shape index (κ1) is 36.2. The Morgan fingerprint density at radius 3 is 2.48 bits per heavy atom. The van der Waals surface area contributed by atoms with Crippen LogP contribution < -0.4 is 10.2 Å². The summed E-state index contributed by atoms with van der Waals surface area (Å²) in [6, 6.07) is 26.3. The number of fused-ring (bicyclic) bond motifs is 8. The smallest absolute Gasteiger partial charge is 0.148 e. The second-order valence-corrected chi connectivity index (χ2v) is 17.5. The number of ether oxygens (including phenoxy) is 1. The highest BCUT2D eigenvalue weighted by atomic mass is 16.5. The summed E-state index contributed by atoms with van der Waals surface area (Å²) in [7, 11) is 0. The van der Waals surface area contributed by atoms with E-state index in [2.05, 4.69) is 175 Å². The van der Waals surface area contributed by atoms with Crippen molar-refractivity contribution in [1.82, 2.24) is 15.4 Å². The van der Waals surface area contributed by atoms with Gasteiger partial charge < -0.3 is 4.74 Å². The molecule has 5 heterocycles. The third kappa shape index (κ3) is 6.23. The number of nitrogens with zero attached hydrogens (tertiary/aromatic N) is 4. The van der Waals surface area contributed by atoms with Crippen LogP contribution in [0.5, 0.6) is 5.75 Å². The molecule has 1 aromatic heterocycles. The molecule has 2 unspecified atom stereocenters. The molecular weight excluding hydrogens is 747 g/mol. The summed E-state index contributed by atoms with van der Waals surface area (Å²) in [5.41, 5.74) is 19.2. The molecule has 3 aromatic carbocycles. The van der Waals surface area contributed by atoms with E-state index < -0.39 is 5.41 Å². The first-order valence-electron chi connectivity index (χ1n) is 22.0. The monoisotopic (exact) mass is 793 g/mol. The molecule has 4 aliphatic carbocycles. The summed E-state index contributed by atoms with van der Waals surface area (Å²) < 4.78 is 7.29. The predicted octanol–water partition coefficient (Wildman–Crippen LogP) is 12.0. The minimum absolute atomic E-state index is 0.233. The van der Waals surface area contributed by atoms with Crippen molar-refractivity contribution in [2.75, 3.05) is 0 Å². The number of allylic oxidation sites excluding steroid dienone is 14. The lowest BCUT2D eigenvalue weighted by molar-refractivity contribution is 0.163. The van der Waals surface area contributed by atoms with Crippen molar-refractivity contribution in [3.63, 3.8) is 0 Å². The first-order chi connectivity index (χ1) is 30.1. The minimum Gasteiger partial charge on any atom is -0.484 e. The highest BCUT2D eigenvalue weighted by Crippen LogP contribution is 2.49. The van der Waals surface area contributed by atoms with Crippen LogP contribution in [0.4, 0.5) is 5.69 Å². The quantitative estimate of drug-likeness (QED) is 0.211. The number of nitrogens with one attached hydrogen (secondary N) is 1. The minimum atomic E-state index is -0.472. The van der Waals surface area contributed by atoms with Crippen molar-refractivity contribution in [2.24, 2.45) is 15.9 Å². The van der Waals surface area contributed by atoms with Gasteiger partial charge in [-0.25, -0.2) is 15.4 Å². The Bertz CT molecular complexity index is 2930. The zero-order chi connectivity index (χ0) is 40.5. The van der Waals surface area contributed by atoms with Gasteiger partial charge in [-0.3, -0.25) is 10.0 Å². The Labute approximate surface area is 357 Å². The van der Waals surface area contributed by atoms with Gasteiger partial charge in [-0.05, 0) is 115 Å². The van der Waals surface area contributed by atoms with Crippen molar-refractivity contribution in [3.8, 4) is 5.75 Å². The zero-order valence-electron chi connectivity index (χ0n) is 34.4. The lowest BCUT2D eigenvalue weighted by Crippen LogP contribution is -2.48. The second kappa shape index (κ2) is 14.5. The summed E-state index contributed by atoms with van der Waals surface area (Å²) in [6.45, 7) is 2.34. The van der Waals surface area contributed by atoms with Crippen LogP contribution in [0.15, 0.2) is 185 Å². The average Bonchev–Trinajstić information content (AvgIpc) is 3.77. The molecule has 298 valence electrons. The van der Waals surface area contributed by atoms with E-state index in [4.69, 9.17) is 19.7 Å². The van der Waals surface area contributed by atoms with Gasteiger partial charge in [-0.1, -0.05) is 127 Å². The fraction of sp³-hybridized carbons (Fsp3) is 0.218. The first-order valence-corrected chi connectivity index (χ1v) is 22.0. The molecule has 0 amide bonds. The van der Waals surface area contributed by atoms with Gasteiger partial charge in [0.05, 0.1) is 22.3 Å². The van der Waals surface area contributed by atoms with Crippen LogP contribution in [0.2, 0.25) is 0 Å². The molecule has 0 saturated heterocycles. The Morgan fingerprint density at radius 2 is 1.66 bits per heavy atom. The number of rotatable bonds is 6. The maximum absolute atomic E-state index is 7.29. The van der Waals surface area contributed by atoms with E-state index in [0.29, 0.717) is 0 Å². The molecule has 1 N–H and O–H groups in total. The van der Waals surface area contributed by atoms with Crippen molar-refractivity contribution >= 4 is 44.9 Å². The van der Waals surface area contributed by atoms with Gasteiger partial charge in [-0.15, -0.1) is 0 Å². The van der Waals surface area contributed by atoms with Gasteiger partial charge in [0.1, 0.15) is 23.9 Å². The predicted molar refractivity (Wildman–Crippen MR) is 249 cm³/mol. The molecule has 0 saturated carbocycles. The Hall–Kier alpha value is -6.63. The number of amidine groups is 1. The highest BCUT2D eigenvalue weighted by molar-refractivity contribution is 6.08. The van der Waals surface area contributed by atoms with E-state index in [1.54, 1.807) is 0 Å². The van der Waals surface area contributed by atoms with Gasteiger partial charge in [0.15, 0.2) is 0 Å². The van der Waals surface area contributed by atoms with E-state index in [0.717, 1.165) is 107 Å². The summed E-state index contributed by atoms with van der Waals surface area (Å²) >= 11 is 0. The van der Waals surface area contributed by atoms with Crippen LogP contribution in [-0.2, 0) is 11.8 Å². The molecule has 2 bridgehead atoms. The summed E-state index contributed by atoms with van der Waals surface area (Å²) in [5.74, 6) is 2.14. The summed E-state index contributed by atoms with van der Waals surface area (Å²) in [4.78, 5) is 16.5. The Kier molecular flexibility index (Phi) is 8.63.